The summed E-state index contributed by atoms with van der Waals surface area (Å²) in [6.45, 7) is 0.504. The maximum absolute atomic E-state index is 5.49. The zero-order chi connectivity index (χ0) is 7.68. The molecule has 3 heteroatoms. The first kappa shape index (κ1) is 6.37. The molecule has 1 heterocycles. The molecule has 2 rings (SSSR count). The lowest BCUT2D eigenvalue weighted by atomic mass is 10.2. The number of para-hydroxylation sites is 1. The van der Waals surface area contributed by atoms with E-state index in [1.165, 1.54) is 6.39 Å². The van der Waals surface area contributed by atoms with Crippen molar-refractivity contribution in [2.24, 2.45) is 5.73 Å². The normalized spacial score (nSPS) is 10.6. The molecule has 2 N–H and O–H groups in total. The molecule has 0 saturated heterocycles. The van der Waals surface area contributed by atoms with Crippen LogP contribution in [0.5, 0.6) is 0 Å². The van der Waals surface area contributed by atoms with Gasteiger partial charge in [0.05, 0.1) is 0 Å². The molecule has 1 aromatic carbocycles. The topological polar surface area (TPSA) is 52.0 Å². The third kappa shape index (κ3) is 0.897. The average molecular weight is 148 g/mol. The molecule has 0 radical (unpaired) electrons. The van der Waals surface area contributed by atoms with E-state index in [0.717, 1.165) is 16.7 Å². The van der Waals surface area contributed by atoms with Gasteiger partial charge in [-0.3, -0.25) is 0 Å². The lowest BCUT2D eigenvalue weighted by Gasteiger charge is -1.94. The first-order valence-corrected chi connectivity index (χ1v) is 3.43. The van der Waals surface area contributed by atoms with Gasteiger partial charge in [0, 0.05) is 6.54 Å². The minimum atomic E-state index is 0.504. The van der Waals surface area contributed by atoms with Gasteiger partial charge in [-0.1, -0.05) is 12.1 Å². The maximum atomic E-state index is 5.49. The third-order valence-electron chi connectivity index (χ3n) is 1.66. The number of aromatic nitrogens is 1. The summed E-state index contributed by atoms with van der Waals surface area (Å²) in [5, 5.41) is 0. The maximum Gasteiger partial charge on any atom is 0.181 e. The van der Waals surface area contributed by atoms with E-state index in [9.17, 15) is 0 Å². The molecule has 0 saturated carbocycles. The molecular formula is C8H8N2O. The summed E-state index contributed by atoms with van der Waals surface area (Å²) in [7, 11) is 0. The van der Waals surface area contributed by atoms with E-state index in [4.69, 9.17) is 10.2 Å². The van der Waals surface area contributed by atoms with Gasteiger partial charge in [-0.15, -0.1) is 0 Å². The molecule has 11 heavy (non-hydrogen) atoms. The number of fused-ring (bicyclic) bond motifs is 1. The standard InChI is InChI=1S/C8H8N2O/c9-4-6-2-1-3-7-8(6)10-5-11-7/h1-3,5H,4,9H2. The Morgan fingerprint density at radius 2 is 2.36 bits per heavy atom. The van der Waals surface area contributed by atoms with E-state index in [2.05, 4.69) is 4.98 Å². The fraction of sp³-hybridized carbons (Fsp3) is 0.125. The van der Waals surface area contributed by atoms with Crippen LogP contribution in [0.4, 0.5) is 0 Å². The molecule has 0 unspecified atom stereocenters. The summed E-state index contributed by atoms with van der Waals surface area (Å²) in [6, 6.07) is 5.74. The number of hydrogen-bond donors (Lipinski definition) is 1. The molecule has 3 nitrogen and oxygen atoms in total. The Labute approximate surface area is 63.8 Å². The first-order valence-electron chi connectivity index (χ1n) is 3.43. The number of oxazole rings is 1. The van der Waals surface area contributed by atoms with Gasteiger partial charge in [0.25, 0.3) is 0 Å². The highest BCUT2D eigenvalue weighted by molar-refractivity contribution is 5.75. The fourth-order valence-electron chi connectivity index (χ4n) is 1.11. The molecule has 0 spiro atoms. The van der Waals surface area contributed by atoms with Gasteiger partial charge in [0.2, 0.25) is 0 Å². The largest absolute Gasteiger partial charge is 0.443 e. The van der Waals surface area contributed by atoms with Gasteiger partial charge in [0.15, 0.2) is 12.0 Å². The van der Waals surface area contributed by atoms with Crippen LogP contribution in [0.3, 0.4) is 0 Å². The summed E-state index contributed by atoms with van der Waals surface area (Å²) in [5.41, 5.74) is 8.19. The van der Waals surface area contributed by atoms with Gasteiger partial charge < -0.3 is 10.2 Å². The molecule has 2 aromatic rings. The second kappa shape index (κ2) is 2.36. The van der Waals surface area contributed by atoms with E-state index in [0.29, 0.717) is 6.54 Å². The van der Waals surface area contributed by atoms with E-state index in [1.807, 2.05) is 18.2 Å². The molecule has 0 amide bonds. The molecule has 0 atom stereocenters. The predicted octanol–water partition coefficient (Wildman–Crippen LogP) is 1.29. The molecular weight excluding hydrogens is 140 g/mol. The lowest BCUT2D eigenvalue weighted by molar-refractivity contribution is 0.602. The van der Waals surface area contributed by atoms with E-state index in [1.54, 1.807) is 0 Å². The molecule has 1 aromatic heterocycles. The minimum Gasteiger partial charge on any atom is -0.443 e. The zero-order valence-electron chi connectivity index (χ0n) is 5.95. The summed E-state index contributed by atoms with van der Waals surface area (Å²) in [4.78, 5) is 4.04. The summed E-state index contributed by atoms with van der Waals surface area (Å²) < 4.78 is 5.09. The number of benzene rings is 1. The quantitative estimate of drug-likeness (QED) is 0.662. The highest BCUT2D eigenvalue weighted by Gasteiger charge is 2.01. The van der Waals surface area contributed by atoms with Crippen molar-refractivity contribution < 1.29 is 4.42 Å². The Kier molecular flexibility index (Phi) is 1.36. The smallest absolute Gasteiger partial charge is 0.181 e. The predicted molar refractivity (Wildman–Crippen MR) is 41.9 cm³/mol. The van der Waals surface area contributed by atoms with Crippen LogP contribution in [0, 0.1) is 0 Å². The molecule has 0 aliphatic heterocycles. The van der Waals surface area contributed by atoms with Gasteiger partial charge in [-0.25, -0.2) is 4.98 Å². The van der Waals surface area contributed by atoms with Crippen LogP contribution in [0.1, 0.15) is 5.56 Å². The summed E-state index contributed by atoms with van der Waals surface area (Å²) >= 11 is 0. The summed E-state index contributed by atoms with van der Waals surface area (Å²) in [5.74, 6) is 0. The molecule has 0 aliphatic carbocycles. The van der Waals surface area contributed by atoms with Crippen molar-refractivity contribution >= 4 is 11.1 Å². The monoisotopic (exact) mass is 148 g/mol. The van der Waals surface area contributed by atoms with Crippen LogP contribution >= 0.6 is 0 Å². The van der Waals surface area contributed by atoms with Crippen LogP contribution in [0.25, 0.3) is 11.1 Å². The number of rotatable bonds is 1. The Hall–Kier alpha value is -1.35. The fourth-order valence-corrected chi connectivity index (χ4v) is 1.11. The summed E-state index contributed by atoms with van der Waals surface area (Å²) in [6.07, 6.45) is 1.43. The highest BCUT2D eigenvalue weighted by Crippen LogP contribution is 2.15. The number of nitrogens with two attached hydrogens (primary N) is 1. The second-order valence-corrected chi connectivity index (χ2v) is 2.32. The van der Waals surface area contributed by atoms with Crippen LogP contribution < -0.4 is 5.73 Å². The molecule has 0 bridgehead atoms. The van der Waals surface area contributed by atoms with Gasteiger partial charge in [0.1, 0.15) is 5.52 Å². The lowest BCUT2D eigenvalue weighted by Crippen LogP contribution is -1.96. The van der Waals surface area contributed by atoms with Crippen molar-refractivity contribution in [2.75, 3.05) is 0 Å². The van der Waals surface area contributed by atoms with Crippen molar-refractivity contribution in [1.29, 1.82) is 0 Å². The number of hydrogen-bond acceptors (Lipinski definition) is 3. The van der Waals surface area contributed by atoms with Gasteiger partial charge >= 0.3 is 0 Å². The Morgan fingerprint density at radius 1 is 1.45 bits per heavy atom. The highest BCUT2D eigenvalue weighted by atomic mass is 16.3. The van der Waals surface area contributed by atoms with Crippen molar-refractivity contribution in [3.05, 3.63) is 30.2 Å². The Balaban J connectivity index is 2.79. The van der Waals surface area contributed by atoms with Crippen LogP contribution in [-0.2, 0) is 6.54 Å². The molecule has 56 valence electrons. The SMILES string of the molecule is NCc1cccc2ocnc12. The Bertz CT molecular complexity index is 367. The van der Waals surface area contributed by atoms with Gasteiger partial charge in [-0.2, -0.15) is 0 Å². The number of nitrogens with zero attached hydrogens (tertiary/aromatic N) is 1. The van der Waals surface area contributed by atoms with Crippen molar-refractivity contribution in [3.63, 3.8) is 0 Å². The van der Waals surface area contributed by atoms with E-state index in [-0.39, 0.29) is 0 Å². The average Bonchev–Trinajstić information content (AvgIpc) is 2.50. The molecule has 0 aliphatic rings. The first-order chi connectivity index (χ1) is 5.42. The van der Waals surface area contributed by atoms with Crippen LogP contribution in [0.15, 0.2) is 29.0 Å². The Morgan fingerprint density at radius 3 is 3.18 bits per heavy atom. The minimum absolute atomic E-state index is 0.504. The third-order valence-corrected chi connectivity index (χ3v) is 1.66. The van der Waals surface area contributed by atoms with Crippen LogP contribution in [0.2, 0.25) is 0 Å². The van der Waals surface area contributed by atoms with Crippen molar-refractivity contribution in [2.45, 2.75) is 6.54 Å². The van der Waals surface area contributed by atoms with Crippen molar-refractivity contribution in [3.8, 4) is 0 Å². The zero-order valence-corrected chi connectivity index (χ0v) is 5.95. The molecule has 0 fully saturated rings. The van der Waals surface area contributed by atoms with Gasteiger partial charge in [-0.05, 0) is 11.6 Å². The van der Waals surface area contributed by atoms with E-state index >= 15 is 0 Å². The van der Waals surface area contributed by atoms with Crippen LogP contribution in [-0.4, -0.2) is 4.98 Å². The van der Waals surface area contributed by atoms with Crippen molar-refractivity contribution in [1.82, 2.24) is 4.98 Å². The van der Waals surface area contributed by atoms with E-state index < -0.39 is 0 Å². The second-order valence-electron chi connectivity index (χ2n) is 2.32.